The summed E-state index contributed by atoms with van der Waals surface area (Å²) < 4.78 is 13.5. The Morgan fingerprint density at radius 2 is 1.79 bits per heavy atom. The third kappa shape index (κ3) is 4.17. The molecule has 2 aromatic heterocycles. The minimum Gasteiger partial charge on any atom is -0.392 e. The zero-order valence-corrected chi connectivity index (χ0v) is 22.9. The van der Waals surface area contributed by atoms with Gasteiger partial charge in [0.05, 0.1) is 18.0 Å². The number of aromatic amines is 1. The van der Waals surface area contributed by atoms with Gasteiger partial charge in [-0.15, -0.1) is 11.8 Å². The van der Waals surface area contributed by atoms with Gasteiger partial charge in [0.1, 0.15) is 17.4 Å². The van der Waals surface area contributed by atoms with Gasteiger partial charge in [-0.2, -0.15) is 0 Å². The number of fused-ring (bicyclic) bond motifs is 2. The first kappa shape index (κ1) is 24.4. The van der Waals surface area contributed by atoms with Gasteiger partial charge in [-0.1, -0.05) is 62.3 Å². The van der Waals surface area contributed by atoms with Gasteiger partial charge in [0.25, 0.3) is 0 Å². The standard InChI is InChI=1S/C24H36N4O3SSi/c1-22(2,3)21(29)28-20-19-18(26-13-27-20)14(11-25-19)16-10-15-17(32-16)12-30-33(31-15,23(4,5)6)24(7,8)9/h10-11,13,15,17,25H,12H2,1-9H3,(H,26,27,28,29)/t15-,17+/m0/s1. The Bertz CT molecular complexity index is 1090. The molecule has 1 fully saturated rings. The highest BCUT2D eigenvalue weighted by atomic mass is 32.2. The van der Waals surface area contributed by atoms with Crippen LogP contribution in [0, 0.1) is 5.41 Å². The summed E-state index contributed by atoms with van der Waals surface area (Å²) >= 11 is 1.78. The summed E-state index contributed by atoms with van der Waals surface area (Å²) in [5, 5.41) is 3.06. The lowest BCUT2D eigenvalue weighted by atomic mass is 9.96. The second-order valence-electron chi connectivity index (χ2n) is 12.0. The molecule has 33 heavy (non-hydrogen) atoms. The number of nitrogens with one attached hydrogen (secondary N) is 2. The zero-order chi connectivity index (χ0) is 24.4. The molecule has 2 N–H and O–H groups in total. The fourth-order valence-corrected chi connectivity index (χ4v) is 11.1. The molecule has 180 valence electrons. The highest BCUT2D eigenvalue weighted by Gasteiger charge is 2.62. The molecule has 1 saturated heterocycles. The first-order chi connectivity index (χ1) is 15.1. The molecule has 0 unspecified atom stereocenters. The van der Waals surface area contributed by atoms with Crippen LogP contribution >= 0.6 is 11.8 Å². The predicted octanol–water partition coefficient (Wildman–Crippen LogP) is 5.86. The molecule has 4 heterocycles. The minimum absolute atomic E-state index is 0.00992. The molecule has 2 aliphatic rings. The Kier molecular flexibility index (Phi) is 5.87. The van der Waals surface area contributed by atoms with E-state index in [9.17, 15) is 4.79 Å². The Balaban J connectivity index is 1.66. The Morgan fingerprint density at radius 3 is 2.39 bits per heavy atom. The fraction of sp³-hybridized carbons (Fsp3) is 0.625. The van der Waals surface area contributed by atoms with Crippen molar-refractivity contribution >= 4 is 48.0 Å². The van der Waals surface area contributed by atoms with Gasteiger partial charge in [-0.3, -0.25) is 4.79 Å². The second-order valence-corrected chi connectivity index (χ2v) is 18.1. The monoisotopic (exact) mass is 488 g/mol. The Labute approximate surface area is 201 Å². The van der Waals surface area contributed by atoms with Crippen LogP contribution in [-0.4, -0.2) is 47.4 Å². The number of hydrogen-bond acceptors (Lipinski definition) is 6. The average Bonchev–Trinajstić information content (AvgIpc) is 3.28. The SMILES string of the molecule is CC(C)(C)C(=O)Nc1ncnc2c(C3=C[C@@H]4O[Si](C(C)(C)C)(C(C)(C)C)OC[C@H]4S3)c[nH]c12. The van der Waals surface area contributed by atoms with E-state index in [-0.39, 0.29) is 27.3 Å². The van der Waals surface area contributed by atoms with E-state index in [0.717, 1.165) is 21.5 Å². The number of hydrogen-bond donors (Lipinski definition) is 2. The van der Waals surface area contributed by atoms with Crippen LogP contribution in [0.3, 0.4) is 0 Å². The van der Waals surface area contributed by atoms with Crippen LogP contribution in [0.4, 0.5) is 5.82 Å². The van der Waals surface area contributed by atoms with Crippen molar-refractivity contribution in [3.05, 3.63) is 24.2 Å². The molecule has 0 bridgehead atoms. The van der Waals surface area contributed by atoms with Gasteiger partial charge >= 0.3 is 8.56 Å². The smallest absolute Gasteiger partial charge is 0.349 e. The molecule has 2 aromatic rings. The lowest BCUT2D eigenvalue weighted by molar-refractivity contribution is -0.123. The number of rotatable bonds is 2. The summed E-state index contributed by atoms with van der Waals surface area (Å²) in [4.78, 5) is 25.7. The Hall–Kier alpha value is -1.68. The number of carbonyl (C=O) groups is 1. The van der Waals surface area contributed by atoms with E-state index in [1.54, 1.807) is 11.8 Å². The second kappa shape index (κ2) is 7.93. The molecule has 2 atom stereocenters. The van der Waals surface area contributed by atoms with Crippen molar-refractivity contribution in [2.24, 2.45) is 5.41 Å². The normalized spacial score (nSPS) is 23.4. The lowest BCUT2D eigenvalue weighted by Crippen LogP contribution is -2.63. The van der Waals surface area contributed by atoms with Crippen molar-refractivity contribution in [1.82, 2.24) is 15.0 Å². The van der Waals surface area contributed by atoms with Gasteiger partial charge in [0.2, 0.25) is 5.91 Å². The molecule has 4 rings (SSSR count). The van der Waals surface area contributed by atoms with E-state index < -0.39 is 14.0 Å². The van der Waals surface area contributed by atoms with Gasteiger partial charge in [-0.05, 0) is 6.08 Å². The van der Waals surface area contributed by atoms with Crippen molar-refractivity contribution in [3.63, 3.8) is 0 Å². The number of H-pyrrole nitrogens is 1. The van der Waals surface area contributed by atoms with Crippen molar-refractivity contribution in [3.8, 4) is 0 Å². The zero-order valence-electron chi connectivity index (χ0n) is 21.1. The first-order valence-corrected chi connectivity index (χ1v) is 14.2. The molecule has 2 aliphatic heterocycles. The van der Waals surface area contributed by atoms with Crippen LogP contribution in [-0.2, 0) is 13.6 Å². The van der Waals surface area contributed by atoms with Gasteiger partial charge in [0, 0.05) is 32.2 Å². The maximum absolute atomic E-state index is 12.5. The molecule has 0 radical (unpaired) electrons. The number of amides is 1. The molecular weight excluding hydrogens is 452 g/mol. The minimum atomic E-state index is -2.52. The van der Waals surface area contributed by atoms with E-state index in [0.29, 0.717) is 12.4 Å². The molecule has 7 nitrogen and oxygen atoms in total. The van der Waals surface area contributed by atoms with Crippen LogP contribution in [0.1, 0.15) is 67.9 Å². The predicted molar refractivity (Wildman–Crippen MR) is 137 cm³/mol. The molecule has 9 heteroatoms. The third-order valence-electron chi connectivity index (χ3n) is 6.33. The van der Waals surface area contributed by atoms with E-state index in [1.807, 2.05) is 27.0 Å². The van der Waals surface area contributed by atoms with Crippen LogP contribution in [0.15, 0.2) is 18.6 Å². The summed E-state index contributed by atoms with van der Waals surface area (Å²) in [6, 6.07) is 0. The van der Waals surface area contributed by atoms with Crippen LogP contribution in [0.2, 0.25) is 10.1 Å². The summed E-state index contributed by atoms with van der Waals surface area (Å²) in [6.45, 7) is 19.7. The van der Waals surface area contributed by atoms with Crippen LogP contribution in [0.25, 0.3) is 15.9 Å². The quantitative estimate of drug-likeness (QED) is 0.515. The maximum Gasteiger partial charge on any atom is 0.349 e. The van der Waals surface area contributed by atoms with Crippen LogP contribution in [0.5, 0.6) is 0 Å². The molecule has 1 amide bonds. The highest BCUT2D eigenvalue weighted by Crippen LogP contribution is 2.57. The van der Waals surface area contributed by atoms with E-state index in [2.05, 4.69) is 67.9 Å². The average molecular weight is 489 g/mol. The van der Waals surface area contributed by atoms with E-state index in [1.165, 1.54) is 6.33 Å². The number of carbonyl (C=O) groups excluding carboxylic acids is 1. The molecule has 0 spiro atoms. The number of aromatic nitrogens is 3. The molecule has 0 aromatic carbocycles. The van der Waals surface area contributed by atoms with Crippen molar-refractivity contribution in [1.29, 1.82) is 0 Å². The molecule has 0 aliphatic carbocycles. The number of nitrogens with zero attached hydrogens (tertiary/aromatic N) is 2. The number of anilines is 1. The summed E-state index contributed by atoms with van der Waals surface area (Å²) in [5.41, 5.74) is 2.01. The summed E-state index contributed by atoms with van der Waals surface area (Å²) in [5.74, 6) is 0.411. The Morgan fingerprint density at radius 1 is 1.12 bits per heavy atom. The molecular formula is C24H36N4O3SSi. The van der Waals surface area contributed by atoms with Crippen molar-refractivity contribution < 1.29 is 13.6 Å². The first-order valence-electron chi connectivity index (χ1n) is 11.5. The van der Waals surface area contributed by atoms with Gasteiger partial charge < -0.3 is 19.2 Å². The van der Waals surface area contributed by atoms with Crippen molar-refractivity contribution in [2.45, 2.75) is 83.7 Å². The van der Waals surface area contributed by atoms with Crippen LogP contribution < -0.4 is 5.32 Å². The summed E-state index contributed by atoms with van der Waals surface area (Å²) in [7, 11) is -2.52. The van der Waals surface area contributed by atoms with E-state index in [4.69, 9.17) is 8.85 Å². The molecule has 0 saturated carbocycles. The fourth-order valence-electron chi connectivity index (χ4n) is 4.77. The lowest BCUT2D eigenvalue weighted by Gasteiger charge is -2.53. The van der Waals surface area contributed by atoms with E-state index >= 15 is 0 Å². The highest BCUT2D eigenvalue weighted by molar-refractivity contribution is 8.09. The van der Waals surface area contributed by atoms with Gasteiger partial charge in [-0.25, -0.2) is 9.97 Å². The number of thioether (sulfide) groups is 1. The maximum atomic E-state index is 12.5. The topological polar surface area (TPSA) is 89.1 Å². The third-order valence-corrected chi connectivity index (χ3v) is 12.8. The largest absolute Gasteiger partial charge is 0.392 e. The summed E-state index contributed by atoms with van der Waals surface area (Å²) in [6.07, 6.45) is 5.69. The van der Waals surface area contributed by atoms with Crippen molar-refractivity contribution in [2.75, 3.05) is 11.9 Å². The van der Waals surface area contributed by atoms with Gasteiger partial charge in [0.15, 0.2) is 5.82 Å².